The van der Waals surface area contributed by atoms with E-state index in [9.17, 15) is 43.2 Å². The van der Waals surface area contributed by atoms with Crippen LogP contribution in [0.15, 0.2) is 0 Å². The van der Waals surface area contributed by atoms with Crippen molar-refractivity contribution < 1.29 is 80.2 Å². The number of unbranched alkanes of at least 4 members (excludes halogenated alkanes) is 37. The van der Waals surface area contributed by atoms with Crippen LogP contribution in [0.4, 0.5) is 0 Å². The zero-order chi connectivity index (χ0) is 69.6. The SMILES string of the molecule is CCC(C)CCCCCCCCC(=O)OC[C@H](COP(=O)(O)OC[C@H](O)COP(=O)(O)OC[C@@H](COC(=O)CCCCCCCCC(C)C)OC(=O)CCCCCCCCCCCCCCCCCC(C)C)OC(=O)CCCCCCCCCCCCCCCCC(C)C. The number of hydrogen-bond acceptors (Lipinski definition) is 15. The summed E-state index contributed by atoms with van der Waals surface area (Å²) >= 11 is 0. The highest BCUT2D eigenvalue weighted by Crippen LogP contribution is 2.45. The molecule has 558 valence electrons. The molecule has 0 heterocycles. The van der Waals surface area contributed by atoms with Crippen LogP contribution in [0.5, 0.6) is 0 Å². The van der Waals surface area contributed by atoms with E-state index in [1.807, 2.05) is 0 Å². The average molecular weight is 1380 g/mol. The topological polar surface area (TPSA) is 237 Å². The van der Waals surface area contributed by atoms with E-state index in [1.165, 1.54) is 167 Å². The van der Waals surface area contributed by atoms with Crippen molar-refractivity contribution in [3.8, 4) is 0 Å². The van der Waals surface area contributed by atoms with Crippen LogP contribution >= 0.6 is 15.6 Å². The molecule has 0 amide bonds. The summed E-state index contributed by atoms with van der Waals surface area (Å²) < 4.78 is 68.4. The lowest BCUT2D eigenvalue weighted by Crippen LogP contribution is -2.30. The van der Waals surface area contributed by atoms with E-state index >= 15 is 0 Å². The molecule has 0 radical (unpaired) electrons. The number of ether oxygens (including phenoxy) is 4. The van der Waals surface area contributed by atoms with Crippen molar-refractivity contribution in [3.05, 3.63) is 0 Å². The predicted molar refractivity (Wildman–Crippen MR) is 381 cm³/mol. The van der Waals surface area contributed by atoms with E-state index in [0.29, 0.717) is 31.6 Å². The fraction of sp³-hybridized carbons (Fsp3) is 0.947. The van der Waals surface area contributed by atoms with Gasteiger partial charge in [-0.2, -0.15) is 0 Å². The van der Waals surface area contributed by atoms with Crippen LogP contribution in [-0.2, 0) is 65.4 Å². The molecule has 0 saturated carbocycles. The maximum atomic E-state index is 13.0. The molecule has 0 aliphatic heterocycles. The fourth-order valence-electron chi connectivity index (χ4n) is 11.3. The van der Waals surface area contributed by atoms with Gasteiger partial charge >= 0.3 is 39.5 Å². The molecule has 0 saturated heterocycles. The van der Waals surface area contributed by atoms with E-state index in [4.69, 9.17) is 37.0 Å². The van der Waals surface area contributed by atoms with Crippen molar-refractivity contribution in [1.29, 1.82) is 0 Å². The number of carbonyl (C=O) groups is 4. The zero-order valence-electron chi connectivity index (χ0n) is 61.6. The minimum atomic E-state index is -4.96. The van der Waals surface area contributed by atoms with Crippen LogP contribution in [0, 0.1) is 23.7 Å². The van der Waals surface area contributed by atoms with Gasteiger partial charge in [-0.3, -0.25) is 37.3 Å². The molecule has 0 aliphatic rings. The number of rotatable bonds is 72. The molecular weight excluding hydrogens is 1230 g/mol. The van der Waals surface area contributed by atoms with Gasteiger partial charge < -0.3 is 33.8 Å². The summed E-state index contributed by atoms with van der Waals surface area (Å²) in [6.45, 7) is 14.1. The summed E-state index contributed by atoms with van der Waals surface area (Å²) in [5.41, 5.74) is 0. The second-order valence-electron chi connectivity index (χ2n) is 28.7. The summed E-state index contributed by atoms with van der Waals surface area (Å²) in [5, 5.41) is 10.6. The number of esters is 4. The second-order valence-corrected chi connectivity index (χ2v) is 31.6. The Hall–Kier alpha value is -1.94. The van der Waals surface area contributed by atoms with Gasteiger partial charge in [0.05, 0.1) is 26.4 Å². The first-order chi connectivity index (χ1) is 45.1. The Labute approximate surface area is 575 Å². The number of aliphatic hydroxyl groups is 1. The first kappa shape index (κ1) is 92.1. The Morgan fingerprint density at radius 1 is 0.298 bits per heavy atom. The maximum absolute atomic E-state index is 13.0. The Morgan fingerprint density at radius 2 is 0.511 bits per heavy atom. The Kier molecular flexibility index (Phi) is 63.1. The lowest BCUT2D eigenvalue weighted by Gasteiger charge is -2.21. The third kappa shape index (κ3) is 67.3. The normalized spacial score (nSPS) is 14.4. The largest absolute Gasteiger partial charge is 0.472 e. The van der Waals surface area contributed by atoms with Crippen LogP contribution in [0.1, 0.15) is 376 Å². The molecule has 0 aromatic carbocycles. The molecular formula is C75H146O17P2. The van der Waals surface area contributed by atoms with Gasteiger partial charge in [0.2, 0.25) is 0 Å². The highest BCUT2D eigenvalue weighted by Gasteiger charge is 2.30. The van der Waals surface area contributed by atoms with Gasteiger partial charge in [-0.1, -0.05) is 325 Å². The maximum Gasteiger partial charge on any atom is 0.472 e. The van der Waals surface area contributed by atoms with Crippen molar-refractivity contribution >= 4 is 39.5 Å². The van der Waals surface area contributed by atoms with Crippen LogP contribution in [0.25, 0.3) is 0 Å². The Balaban J connectivity index is 5.20. The van der Waals surface area contributed by atoms with Crippen molar-refractivity contribution in [2.24, 2.45) is 23.7 Å². The number of hydrogen-bond donors (Lipinski definition) is 3. The first-order valence-electron chi connectivity index (χ1n) is 38.7. The molecule has 6 atom stereocenters. The summed E-state index contributed by atoms with van der Waals surface area (Å²) in [6.07, 6.45) is 48.8. The monoisotopic (exact) mass is 1380 g/mol. The number of phosphoric ester groups is 2. The van der Waals surface area contributed by atoms with Gasteiger partial charge in [-0.25, -0.2) is 9.13 Å². The molecule has 3 N–H and O–H groups in total. The third-order valence-corrected chi connectivity index (χ3v) is 19.6. The quantitative estimate of drug-likeness (QED) is 0.0222. The van der Waals surface area contributed by atoms with Crippen molar-refractivity contribution in [1.82, 2.24) is 0 Å². The molecule has 0 bridgehead atoms. The highest BCUT2D eigenvalue weighted by molar-refractivity contribution is 7.47. The summed E-state index contributed by atoms with van der Waals surface area (Å²) in [6, 6.07) is 0. The molecule has 0 fully saturated rings. The minimum absolute atomic E-state index is 0.106. The lowest BCUT2D eigenvalue weighted by atomic mass is 10.00. The third-order valence-electron chi connectivity index (χ3n) is 17.7. The van der Waals surface area contributed by atoms with Gasteiger partial charge in [0.25, 0.3) is 0 Å². The molecule has 94 heavy (non-hydrogen) atoms. The van der Waals surface area contributed by atoms with Gasteiger partial charge in [0, 0.05) is 25.7 Å². The average Bonchev–Trinajstić information content (AvgIpc) is 1.83. The number of phosphoric acid groups is 2. The van der Waals surface area contributed by atoms with Gasteiger partial charge in [-0.15, -0.1) is 0 Å². The van der Waals surface area contributed by atoms with E-state index < -0.39 is 97.5 Å². The highest BCUT2D eigenvalue weighted by atomic mass is 31.2. The molecule has 17 nitrogen and oxygen atoms in total. The molecule has 0 aromatic heterocycles. The van der Waals surface area contributed by atoms with Gasteiger partial charge in [0.15, 0.2) is 12.2 Å². The Bertz CT molecular complexity index is 1850. The molecule has 0 spiro atoms. The summed E-state index contributed by atoms with van der Waals surface area (Å²) in [5.74, 6) is 0.883. The molecule has 3 unspecified atom stereocenters. The smallest absolute Gasteiger partial charge is 0.462 e. The zero-order valence-corrected chi connectivity index (χ0v) is 63.4. The number of carbonyl (C=O) groups excluding carboxylic acids is 4. The minimum Gasteiger partial charge on any atom is -0.462 e. The van der Waals surface area contributed by atoms with Gasteiger partial charge in [0.1, 0.15) is 19.3 Å². The van der Waals surface area contributed by atoms with Crippen LogP contribution in [0.2, 0.25) is 0 Å². The molecule has 0 aromatic rings. The van der Waals surface area contributed by atoms with Crippen molar-refractivity contribution in [2.75, 3.05) is 39.6 Å². The van der Waals surface area contributed by atoms with E-state index in [0.717, 1.165) is 120 Å². The van der Waals surface area contributed by atoms with E-state index in [-0.39, 0.29) is 25.7 Å². The summed E-state index contributed by atoms with van der Waals surface area (Å²) in [4.78, 5) is 72.7. The van der Waals surface area contributed by atoms with Crippen molar-refractivity contribution in [2.45, 2.75) is 395 Å². The lowest BCUT2D eigenvalue weighted by molar-refractivity contribution is -0.161. The summed E-state index contributed by atoms with van der Waals surface area (Å²) in [7, 11) is -9.91. The van der Waals surface area contributed by atoms with E-state index in [1.54, 1.807) is 0 Å². The van der Waals surface area contributed by atoms with Crippen LogP contribution in [0.3, 0.4) is 0 Å². The Morgan fingerprint density at radius 3 is 0.755 bits per heavy atom. The first-order valence-corrected chi connectivity index (χ1v) is 41.7. The second kappa shape index (κ2) is 64.4. The molecule has 0 rings (SSSR count). The molecule has 19 heteroatoms. The van der Waals surface area contributed by atoms with Crippen LogP contribution in [-0.4, -0.2) is 96.7 Å². The van der Waals surface area contributed by atoms with Crippen molar-refractivity contribution in [3.63, 3.8) is 0 Å². The predicted octanol–water partition coefficient (Wildman–Crippen LogP) is 21.7. The molecule has 0 aliphatic carbocycles. The standard InChI is InChI=1S/C75H146O17P2/c1-9-68(8)54-46-38-32-34-40-48-56-73(78)86-62-71(92-75(80)58-50-42-30-26-22-18-14-13-16-20-24-28-36-44-52-66(4)5)64-90-94(83,84)88-60-69(76)59-87-93(81,82)89-63-70(61-85-72(77)55-47-39-33-31-37-45-53-67(6)7)91-74(79)57-49-41-29-25-21-17-12-10-11-15-19-23-27-35-43-51-65(2)3/h65-71,76H,9-64H2,1-8H3,(H,81,82)(H,83,84)/t68?,69-,70-,71-/m1/s1. The van der Waals surface area contributed by atoms with Gasteiger partial charge in [-0.05, 0) is 49.4 Å². The van der Waals surface area contributed by atoms with E-state index in [2.05, 4.69) is 55.4 Å². The van der Waals surface area contributed by atoms with Crippen LogP contribution < -0.4 is 0 Å². The number of aliphatic hydroxyl groups excluding tert-OH is 1. The fourth-order valence-corrected chi connectivity index (χ4v) is 12.9.